The summed E-state index contributed by atoms with van der Waals surface area (Å²) in [6.45, 7) is 0. The zero-order chi connectivity index (χ0) is 14.7. The van der Waals surface area contributed by atoms with Crippen molar-refractivity contribution in [3.63, 3.8) is 0 Å². The molecule has 0 aliphatic carbocycles. The van der Waals surface area contributed by atoms with Gasteiger partial charge in [0.05, 0.1) is 0 Å². The first kappa shape index (κ1) is 13.8. The second-order valence-electron chi connectivity index (χ2n) is 4.77. The van der Waals surface area contributed by atoms with Crippen LogP contribution >= 0.6 is 15.9 Å². The van der Waals surface area contributed by atoms with Gasteiger partial charge in [-0.2, -0.15) is 0 Å². The summed E-state index contributed by atoms with van der Waals surface area (Å²) in [6.07, 6.45) is 3.51. The van der Waals surface area contributed by atoms with Gasteiger partial charge >= 0.3 is 0 Å². The van der Waals surface area contributed by atoms with Crippen molar-refractivity contribution >= 4 is 38.6 Å². The van der Waals surface area contributed by atoms with Crippen LogP contribution in [0.1, 0.15) is 15.9 Å². The molecule has 0 heterocycles. The topological polar surface area (TPSA) is 17.1 Å². The van der Waals surface area contributed by atoms with E-state index in [0.29, 0.717) is 5.56 Å². The molecular weight excluding hydrogens is 324 g/mol. The molecule has 21 heavy (non-hydrogen) atoms. The molecule has 0 aliphatic rings. The summed E-state index contributed by atoms with van der Waals surface area (Å²) in [4.78, 5) is 12.2. The van der Waals surface area contributed by atoms with E-state index in [9.17, 15) is 4.79 Å². The molecule has 3 rings (SSSR count). The van der Waals surface area contributed by atoms with Gasteiger partial charge in [-0.15, -0.1) is 0 Å². The minimum absolute atomic E-state index is 0.00966. The van der Waals surface area contributed by atoms with E-state index in [2.05, 4.69) is 34.1 Å². The van der Waals surface area contributed by atoms with Crippen molar-refractivity contribution in [3.05, 3.63) is 88.4 Å². The van der Waals surface area contributed by atoms with Gasteiger partial charge in [0.15, 0.2) is 5.78 Å². The summed E-state index contributed by atoms with van der Waals surface area (Å²) < 4.78 is 0.970. The first-order valence-corrected chi connectivity index (χ1v) is 7.49. The lowest BCUT2D eigenvalue weighted by atomic mass is 10.0. The molecule has 0 saturated carbocycles. The Morgan fingerprint density at radius 1 is 0.857 bits per heavy atom. The highest BCUT2D eigenvalue weighted by atomic mass is 79.9. The molecule has 0 saturated heterocycles. The van der Waals surface area contributed by atoms with Crippen LogP contribution in [-0.4, -0.2) is 5.78 Å². The molecule has 0 atom stereocenters. The molecule has 3 aromatic rings. The maximum atomic E-state index is 12.2. The van der Waals surface area contributed by atoms with Gasteiger partial charge in [-0.3, -0.25) is 4.79 Å². The van der Waals surface area contributed by atoms with Crippen molar-refractivity contribution in [1.29, 1.82) is 0 Å². The molecule has 0 spiro atoms. The number of hydrogen-bond acceptors (Lipinski definition) is 1. The predicted octanol–water partition coefficient (Wildman–Crippen LogP) is 5.50. The third-order valence-corrected chi connectivity index (χ3v) is 3.90. The summed E-state index contributed by atoms with van der Waals surface area (Å²) in [5.41, 5.74) is 1.74. The molecule has 0 aromatic heterocycles. The molecule has 0 bridgehead atoms. The van der Waals surface area contributed by atoms with Crippen LogP contribution in [0, 0.1) is 0 Å². The number of halogens is 1. The molecule has 0 N–H and O–H groups in total. The lowest BCUT2D eigenvalue weighted by Gasteiger charge is -2.01. The number of carbonyl (C=O) groups excluding carboxylic acids is 1. The van der Waals surface area contributed by atoms with E-state index in [1.165, 1.54) is 5.39 Å². The third kappa shape index (κ3) is 3.11. The molecule has 3 aromatic carbocycles. The zero-order valence-electron chi connectivity index (χ0n) is 11.3. The minimum atomic E-state index is 0.00966. The Labute approximate surface area is 132 Å². The number of hydrogen-bond donors (Lipinski definition) is 0. The van der Waals surface area contributed by atoms with Crippen LogP contribution in [0.2, 0.25) is 0 Å². The van der Waals surface area contributed by atoms with Crippen molar-refractivity contribution in [2.75, 3.05) is 0 Å². The monoisotopic (exact) mass is 336 g/mol. The minimum Gasteiger partial charge on any atom is -0.289 e. The fourth-order valence-corrected chi connectivity index (χ4v) is 2.54. The van der Waals surface area contributed by atoms with Crippen LogP contribution in [0.4, 0.5) is 0 Å². The first-order valence-electron chi connectivity index (χ1n) is 6.70. The maximum Gasteiger partial charge on any atom is 0.185 e. The smallest absolute Gasteiger partial charge is 0.185 e. The van der Waals surface area contributed by atoms with E-state index in [-0.39, 0.29) is 5.78 Å². The number of carbonyl (C=O) groups is 1. The summed E-state index contributed by atoms with van der Waals surface area (Å²) in [5, 5.41) is 2.33. The molecule has 0 amide bonds. The van der Waals surface area contributed by atoms with Gasteiger partial charge < -0.3 is 0 Å². The molecule has 2 heteroatoms. The molecular formula is C19H13BrO. The third-order valence-electron chi connectivity index (χ3n) is 3.37. The molecule has 0 radical (unpaired) electrons. The lowest BCUT2D eigenvalue weighted by molar-refractivity contribution is 0.104. The second-order valence-corrected chi connectivity index (χ2v) is 5.69. The Bertz CT molecular complexity index is 811. The number of rotatable bonds is 3. The largest absolute Gasteiger partial charge is 0.289 e. The Balaban J connectivity index is 1.91. The Morgan fingerprint density at radius 3 is 2.38 bits per heavy atom. The summed E-state index contributed by atoms with van der Waals surface area (Å²) in [6, 6.07) is 21.7. The second kappa shape index (κ2) is 6.06. The lowest BCUT2D eigenvalue weighted by Crippen LogP contribution is -1.93. The van der Waals surface area contributed by atoms with Crippen LogP contribution < -0.4 is 0 Å². The van der Waals surface area contributed by atoms with Crippen LogP contribution in [-0.2, 0) is 0 Å². The van der Waals surface area contributed by atoms with Gasteiger partial charge in [0.2, 0.25) is 0 Å². The zero-order valence-corrected chi connectivity index (χ0v) is 12.9. The molecule has 0 fully saturated rings. The number of ketones is 1. The highest BCUT2D eigenvalue weighted by molar-refractivity contribution is 9.10. The van der Waals surface area contributed by atoms with Crippen LogP contribution in [0.15, 0.2) is 77.3 Å². The highest BCUT2D eigenvalue weighted by Gasteiger charge is 2.02. The van der Waals surface area contributed by atoms with Gasteiger partial charge in [0, 0.05) is 10.0 Å². The molecule has 102 valence electrons. The van der Waals surface area contributed by atoms with Crippen LogP contribution in [0.25, 0.3) is 16.8 Å². The number of benzene rings is 3. The van der Waals surface area contributed by atoms with Gasteiger partial charge in [-0.25, -0.2) is 0 Å². The summed E-state index contributed by atoms with van der Waals surface area (Å²) >= 11 is 3.37. The fraction of sp³-hybridized carbons (Fsp3) is 0. The Kier molecular flexibility index (Phi) is 3.98. The average Bonchev–Trinajstić information content (AvgIpc) is 2.53. The van der Waals surface area contributed by atoms with E-state index in [4.69, 9.17) is 0 Å². The van der Waals surface area contributed by atoms with E-state index >= 15 is 0 Å². The van der Waals surface area contributed by atoms with Crippen molar-refractivity contribution in [3.8, 4) is 0 Å². The number of allylic oxidation sites excluding steroid dienone is 1. The van der Waals surface area contributed by atoms with Gasteiger partial charge in [-0.05, 0) is 46.7 Å². The van der Waals surface area contributed by atoms with Gasteiger partial charge in [0.25, 0.3) is 0 Å². The average molecular weight is 337 g/mol. The van der Waals surface area contributed by atoms with E-state index in [0.717, 1.165) is 15.4 Å². The van der Waals surface area contributed by atoms with Crippen molar-refractivity contribution in [2.24, 2.45) is 0 Å². The maximum absolute atomic E-state index is 12.2. The summed E-state index contributed by atoms with van der Waals surface area (Å²) in [5.74, 6) is 0.00966. The van der Waals surface area contributed by atoms with Crippen molar-refractivity contribution in [1.82, 2.24) is 0 Å². The Morgan fingerprint density at radius 2 is 1.57 bits per heavy atom. The SMILES string of the molecule is O=C(/C=C\c1cccc2ccccc12)c1ccc(Br)cc1. The first-order chi connectivity index (χ1) is 10.2. The normalized spacial score (nSPS) is 11.1. The quantitative estimate of drug-likeness (QED) is 0.456. The summed E-state index contributed by atoms with van der Waals surface area (Å²) in [7, 11) is 0. The van der Waals surface area contributed by atoms with E-state index in [1.54, 1.807) is 6.08 Å². The molecule has 0 unspecified atom stereocenters. The Hall–Kier alpha value is -2.19. The standard InChI is InChI=1S/C19H13BrO/c20-17-11-8-16(9-12-17)19(21)13-10-15-6-3-5-14-4-1-2-7-18(14)15/h1-13H/b13-10-. The van der Waals surface area contributed by atoms with E-state index < -0.39 is 0 Å². The van der Waals surface area contributed by atoms with Crippen LogP contribution in [0.3, 0.4) is 0 Å². The van der Waals surface area contributed by atoms with Gasteiger partial charge in [0.1, 0.15) is 0 Å². The number of fused-ring (bicyclic) bond motifs is 1. The molecule has 1 nitrogen and oxygen atoms in total. The van der Waals surface area contributed by atoms with Gasteiger partial charge in [-0.1, -0.05) is 64.5 Å². The van der Waals surface area contributed by atoms with Crippen LogP contribution in [0.5, 0.6) is 0 Å². The van der Waals surface area contributed by atoms with E-state index in [1.807, 2.05) is 54.6 Å². The highest BCUT2D eigenvalue weighted by Crippen LogP contribution is 2.20. The van der Waals surface area contributed by atoms with Crippen molar-refractivity contribution < 1.29 is 4.79 Å². The predicted molar refractivity (Wildman–Crippen MR) is 91.5 cm³/mol. The fourth-order valence-electron chi connectivity index (χ4n) is 2.27. The van der Waals surface area contributed by atoms with Crippen molar-refractivity contribution in [2.45, 2.75) is 0 Å². The molecule has 0 aliphatic heterocycles.